The van der Waals surface area contributed by atoms with Crippen LogP contribution in [0.2, 0.25) is 0 Å². The van der Waals surface area contributed by atoms with Crippen molar-refractivity contribution in [1.29, 1.82) is 0 Å². The van der Waals surface area contributed by atoms with Crippen LogP contribution in [-0.2, 0) is 20.7 Å². The first-order valence-electron chi connectivity index (χ1n) is 12.5. The first kappa shape index (κ1) is 28.0. The van der Waals surface area contributed by atoms with E-state index in [0.717, 1.165) is 19.5 Å². The van der Waals surface area contributed by atoms with E-state index in [2.05, 4.69) is 15.3 Å². The van der Waals surface area contributed by atoms with Crippen LogP contribution < -0.4 is 14.8 Å². The summed E-state index contributed by atoms with van der Waals surface area (Å²) in [5.74, 6) is -0.111. The summed E-state index contributed by atoms with van der Waals surface area (Å²) in [4.78, 5) is 47.7. The van der Waals surface area contributed by atoms with Crippen LogP contribution in [0.5, 0.6) is 17.5 Å². The number of benzene rings is 1. The summed E-state index contributed by atoms with van der Waals surface area (Å²) < 4.78 is 21.8. The Bertz CT molecular complexity index is 1310. The first-order valence-corrected chi connectivity index (χ1v) is 13.4. The Morgan fingerprint density at radius 3 is 2.49 bits per heavy atom. The highest BCUT2D eigenvalue weighted by atomic mass is 32.1. The van der Waals surface area contributed by atoms with E-state index in [1.54, 1.807) is 48.6 Å². The number of rotatable bonds is 12. The van der Waals surface area contributed by atoms with Crippen molar-refractivity contribution in [2.24, 2.45) is 0 Å². The van der Waals surface area contributed by atoms with E-state index in [4.69, 9.17) is 18.9 Å². The van der Waals surface area contributed by atoms with Gasteiger partial charge in [0.05, 0.1) is 30.9 Å². The number of amides is 2. The molecule has 0 unspecified atom stereocenters. The number of pyridine rings is 1. The lowest BCUT2D eigenvalue weighted by Crippen LogP contribution is -2.41. The van der Waals surface area contributed by atoms with Crippen molar-refractivity contribution in [2.45, 2.75) is 32.8 Å². The topological polar surface area (TPSA) is 129 Å². The molecule has 206 valence electrons. The molecule has 1 aliphatic heterocycles. The monoisotopic (exact) mass is 554 g/mol. The summed E-state index contributed by atoms with van der Waals surface area (Å²) in [6.07, 6.45) is 0.711. The minimum Gasteiger partial charge on any atom is -0.472 e. The summed E-state index contributed by atoms with van der Waals surface area (Å²) in [5, 5.41) is 4.75. The number of nitrogens with one attached hydrogen (secondary N) is 1. The maximum Gasteiger partial charge on any atom is 0.311 e. The molecule has 0 bridgehead atoms. The van der Waals surface area contributed by atoms with Gasteiger partial charge in [0.25, 0.3) is 11.8 Å². The van der Waals surface area contributed by atoms with Crippen molar-refractivity contribution in [3.63, 3.8) is 0 Å². The van der Waals surface area contributed by atoms with Crippen LogP contribution in [0.3, 0.4) is 0 Å². The second-order valence-electron chi connectivity index (χ2n) is 8.77. The number of thiazole rings is 1. The number of aromatic nitrogens is 2. The number of nitrogens with zero attached hydrogens (tertiary/aromatic N) is 3. The smallest absolute Gasteiger partial charge is 0.311 e. The van der Waals surface area contributed by atoms with Crippen LogP contribution in [0.25, 0.3) is 0 Å². The molecule has 0 saturated carbocycles. The van der Waals surface area contributed by atoms with Crippen LogP contribution in [0.4, 0.5) is 5.13 Å². The van der Waals surface area contributed by atoms with Crippen LogP contribution in [0.15, 0.2) is 41.8 Å². The van der Waals surface area contributed by atoms with Crippen molar-refractivity contribution in [3.8, 4) is 17.5 Å². The van der Waals surface area contributed by atoms with Gasteiger partial charge in [-0.05, 0) is 44.5 Å². The molecule has 1 aliphatic rings. The Labute approximate surface area is 230 Å². The van der Waals surface area contributed by atoms with Gasteiger partial charge >= 0.3 is 5.97 Å². The normalized spacial score (nSPS) is 13.3. The molecule has 2 amide bonds. The number of hydrogen-bond donors (Lipinski definition) is 1. The summed E-state index contributed by atoms with van der Waals surface area (Å²) in [6, 6.07) is 9.72. The van der Waals surface area contributed by atoms with Crippen LogP contribution >= 0.6 is 11.3 Å². The lowest BCUT2D eigenvalue weighted by atomic mass is 10.1. The summed E-state index contributed by atoms with van der Waals surface area (Å²) in [7, 11) is 1.56. The summed E-state index contributed by atoms with van der Waals surface area (Å²) in [5.41, 5.74) is 1.30. The lowest BCUT2D eigenvalue weighted by Gasteiger charge is -2.30. The van der Waals surface area contributed by atoms with Gasteiger partial charge in [-0.1, -0.05) is 0 Å². The van der Waals surface area contributed by atoms with Crippen LogP contribution in [0.1, 0.15) is 46.7 Å². The number of esters is 1. The van der Waals surface area contributed by atoms with Crippen molar-refractivity contribution < 1.29 is 33.3 Å². The predicted octanol–water partition coefficient (Wildman–Crippen LogP) is 3.95. The minimum absolute atomic E-state index is 0.0139. The first-order chi connectivity index (χ1) is 18.8. The van der Waals surface area contributed by atoms with Crippen molar-refractivity contribution in [2.75, 3.05) is 38.7 Å². The number of carbonyl (C=O) groups excluding carboxylic acids is 3. The molecule has 1 fully saturated rings. The third kappa shape index (κ3) is 7.74. The van der Waals surface area contributed by atoms with Crippen molar-refractivity contribution >= 4 is 34.3 Å². The Hall–Kier alpha value is -4.03. The molecular formula is C27H30N4O7S. The van der Waals surface area contributed by atoms with Gasteiger partial charge in [0.2, 0.25) is 11.8 Å². The SMILES string of the molecule is CCOC(=O)Cc1csc(NC(=O)c2cc(Oc3ccc(C(=O)N4CCC4)cc3)nc(O[C@H](C)COC)c2)n1. The van der Waals surface area contributed by atoms with Gasteiger partial charge in [-0.2, -0.15) is 4.98 Å². The van der Waals surface area contributed by atoms with Gasteiger partial charge in [-0.25, -0.2) is 4.98 Å². The van der Waals surface area contributed by atoms with Crippen molar-refractivity contribution in [3.05, 3.63) is 58.6 Å². The Morgan fingerprint density at radius 1 is 1.08 bits per heavy atom. The van der Waals surface area contributed by atoms with Gasteiger partial charge < -0.3 is 23.8 Å². The molecule has 1 aromatic carbocycles. The number of anilines is 1. The number of ether oxygens (including phenoxy) is 4. The molecule has 1 saturated heterocycles. The average Bonchev–Trinajstić information content (AvgIpc) is 3.29. The molecule has 1 atom stereocenters. The zero-order chi connectivity index (χ0) is 27.8. The molecule has 0 aliphatic carbocycles. The van der Waals surface area contributed by atoms with E-state index in [1.165, 1.54) is 23.5 Å². The fraction of sp³-hybridized carbons (Fsp3) is 0.370. The molecule has 1 N–H and O–H groups in total. The lowest BCUT2D eigenvalue weighted by molar-refractivity contribution is -0.142. The van der Waals surface area contributed by atoms with E-state index in [0.29, 0.717) is 28.7 Å². The van der Waals surface area contributed by atoms with E-state index in [-0.39, 0.29) is 48.3 Å². The standard InChI is InChI=1S/C27H30N4O7S/c1-4-36-24(32)14-20-16-39-27(28-20)30-25(33)19-12-22(37-17(2)15-35-3)29-23(13-19)38-21-8-6-18(7-9-21)26(34)31-10-5-11-31/h6-9,12-13,16-17H,4-5,10-11,14-15H2,1-3H3,(H,28,30,33)/t17-/m1/s1. The molecule has 2 aromatic heterocycles. The third-order valence-corrected chi connectivity index (χ3v) is 6.44. The number of hydrogen-bond acceptors (Lipinski definition) is 10. The second-order valence-corrected chi connectivity index (χ2v) is 9.63. The summed E-state index contributed by atoms with van der Waals surface area (Å²) in [6.45, 7) is 5.70. The highest BCUT2D eigenvalue weighted by Gasteiger charge is 2.21. The molecule has 39 heavy (non-hydrogen) atoms. The molecule has 0 radical (unpaired) electrons. The number of methoxy groups -OCH3 is 1. The molecule has 3 aromatic rings. The third-order valence-electron chi connectivity index (χ3n) is 5.63. The maximum atomic E-state index is 13.1. The minimum atomic E-state index is -0.459. The van der Waals surface area contributed by atoms with Gasteiger partial charge in [-0.3, -0.25) is 19.7 Å². The highest BCUT2D eigenvalue weighted by Crippen LogP contribution is 2.26. The molecule has 11 nitrogen and oxygen atoms in total. The van der Waals surface area contributed by atoms with Gasteiger partial charge in [0.15, 0.2) is 5.13 Å². The maximum absolute atomic E-state index is 13.1. The zero-order valence-corrected chi connectivity index (χ0v) is 22.8. The Balaban J connectivity index is 1.50. The fourth-order valence-corrected chi connectivity index (χ4v) is 4.37. The fourth-order valence-electron chi connectivity index (χ4n) is 3.66. The molecule has 4 rings (SSSR count). The second kappa shape index (κ2) is 13.2. The van der Waals surface area contributed by atoms with E-state index in [1.807, 2.05) is 6.92 Å². The molecule has 12 heteroatoms. The van der Waals surface area contributed by atoms with Gasteiger partial charge in [0.1, 0.15) is 11.9 Å². The Morgan fingerprint density at radius 2 is 1.82 bits per heavy atom. The molecule has 3 heterocycles. The van der Waals surface area contributed by atoms with E-state index >= 15 is 0 Å². The Kier molecular flexibility index (Phi) is 9.45. The average molecular weight is 555 g/mol. The quantitative estimate of drug-likeness (QED) is 0.331. The highest BCUT2D eigenvalue weighted by molar-refractivity contribution is 7.14. The van der Waals surface area contributed by atoms with Gasteiger partial charge in [0, 0.05) is 43.3 Å². The number of likely N-dealkylation sites (tertiary alicyclic amines) is 1. The predicted molar refractivity (Wildman–Crippen MR) is 144 cm³/mol. The van der Waals surface area contributed by atoms with Crippen molar-refractivity contribution in [1.82, 2.24) is 14.9 Å². The largest absolute Gasteiger partial charge is 0.472 e. The molecule has 0 spiro atoms. The van der Waals surface area contributed by atoms with Crippen LogP contribution in [-0.4, -0.2) is 72.2 Å². The van der Waals surface area contributed by atoms with E-state index < -0.39 is 5.91 Å². The van der Waals surface area contributed by atoms with E-state index in [9.17, 15) is 14.4 Å². The van der Waals surface area contributed by atoms with Crippen LogP contribution in [0, 0.1) is 0 Å². The van der Waals surface area contributed by atoms with Gasteiger partial charge in [-0.15, -0.1) is 11.3 Å². The molecular weight excluding hydrogens is 524 g/mol. The number of carbonyl (C=O) groups is 3. The summed E-state index contributed by atoms with van der Waals surface area (Å²) >= 11 is 1.20. The zero-order valence-electron chi connectivity index (χ0n) is 22.0.